The summed E-state index contributed by atoms with van der Waals surface area (Å²) in [5.41, 5.74) is 4.34. The fraction of sp³-hybridized carbons (Fsp3) is 0.467. The normalized spacial score (nSPS) is 23.9. The molecule has 1 fully saturated rings. The fourth-order valence-electron chi connectivity index (χ4n) is 3.10. The number of hydrogen-bond donors (Lipinski definition) is 2. The Balaban J connectivity index is 1.69. The van der Waals surface area contributed by atoms with E-state index < -0.39 is 0 Å². The van der Waals surface area contributed by atoms with Gasteiger partial charge in [-0.25, -0.2) is 0 Å². The summed E-state index contributed by atoms with van der Waals surface area (Å²) in [5, 5.41) is 5.21. The second-order valence-corrected chi connectivity index (χ2v) is 5.51. The van der Waals surface area contributed by atoms with E-state index >= 15 is 0 Å². The molecule has 1 saturated carbocycles. The van der Waals surface area contributed by atoms with Crippen molar-refractivity contribution in [3.8, 4) is 0 Å². The molecule has 17 heavy (non-hydrogen) atoms. The first kappa shape index (κ1) is 9.72. The first-order valence-corrected chi connectivity index (χ1v) is 6.74. The molecule has 1 atom stereocenters. The Morgan fingerprint density at radius 3 is 2.82 bits per heavy atom. The lowest BCUT2D eigenvalue weighted by Gasteiger charge is -2.23. The van der Waals surface area contributed by atoms with Gasteiger partial charge in [0.05, 0.1) is 0 Å². The molecule has 0 radical (unpaired) electrons. The Morgan fingerprint density at radius 2 is 1.94 bits per heavy atom. The molecule has 2 heteroatoms. The van der Waals surface area contributed by atoms with Gasteiger partial charge in [-0.2, -0.15) is 0 Å². The average Bonchev–Trinajstić information content (AvgIpc) is 3.08. The van der Waals surface area contributed by atoms with Gasteiger partial charge in [0.15, 0.2) is 0 Å². The SMILES string of the molecule is c1ccc2c3c([nH]c2c1)CCC(NC1CC1)C3. The van der Waals surface area contributed by atoms with Gasteiger partial charge in [-0.3, -0.25) is 0 Å². The van der Waals surface area contributed by atoms with Crippen molar-refractivity contribution in [2.24, 2.45) is 0 Å². The number of fused-ring (bicyclic) bond motifs is 3. The van der Waals surface area contributed by atoms with Crippen LogP contribution in [0.2, 0.25) is 0 Å². The van der Waals surface area contributed by atoms with Crippen LogP contribution in [0.25, 0.3) is 10.9 Å². The Morgan fingerprint density at radius 1 is 1.06 bits per heavy atom. The van der Waals surface area contributed by atoms with Crippen molar-refractivity contribution in [1.29, 1.82) is 0 Å². The highest BCUT2D eigenvalue weighted by atomic mass is 15.0. The highest BCUT2D eigenvalue weighted by Gasteiger charge is 2.28. The molecule has 2 nitrogen and oxygen atoms in total. The van der Waals surface area contributed by atoms with E-state index in [9.17, 15) is 0 Å². The lowest BCUT2D eigenvalue weighted by molar-refractivity contribution is 0.455. The van der Waals surface area contributed by atoms with Crippen LogP contribution in [-0.2, 0) is 12.8 Å². The van der Waals surface area contributed by atoms with Gasteiger partial charge in [0, 0.05) is 28.7 Å². The predicted octanol–water partition coefficient (Wildman–Crippen LogP) is 2.78. The molecule has 2 aliphatic rings. The van der Waals surface area contributed by atoms with Crippen molar-refractivity contribution < 1.29 is 0 Å². The molecule has 88 valence electrons. The summed E-state index contributed by atoms with van der Waals surface area (Å²) in [6, 6.07) is 10.2. The van der Waals surface area contributed by atoms with Crippen LogP contribution in [0.4, 0.5) is 0 Å². The number of nitrogens with one attached hydrogen (secondary N) is 2. The summed E-state index contributed by atoms with van der Waals surface area (Å²) < 4.78 is 0. The Kier molecular flexibility index (Phi) is 2.06. The molecule has 1 heterocycles. The third-order valence-electron chi connectivity index (χ3n) is 4.14. The molecule has 0 saturated heterocycles. The second-order valence-electron chi connectivity index (χ2n) is 5.51. The van der Waals surface area contributed by atoms with Crippen LogP contribution in [0.1, 0.15) is 30.5 Å². The van der Waals surface area contributed by atoms with E-state index in [2.05, 4.69) is 34.6 Å². The summed E-state index contributed by atoms with van der Waals surface area (Å²) >= 11 is 0. The molecule has 2 aromatic rings. The highest BCUT2D eigenvalue weighted by Crippen LogP contribution is 2.30. The van der Waals surface area contributed by atoms with E-state index in [-0.39, 0.29) is 0 Å². The summed E-state index contributed by atoms with van der Waals surface area (Å²) in [7, 11) is 0. The molecule has 0 spiro atoms. The predicted molar refractivity (Wildman–Crippen MR) is 70.3 cm³/mol. The van der Waals surface area contributed by atoms with Crippen LogP contribution in [0.3, 0.4) is 0 Å². The van der Waals surface area contributed by atoms with Crippen LogP contribution in [0, 0.1) is 0 Å². The smallest absolute Gasteiger partial charge is 0.0458 e. The zero-order chi connectivity index (χ0) is 11.2. The van der Waals surface area contributed by atoms with E-state index in [4.69, 9.17) is 0 Å². The number of aromatic nitrogens is 1. The molecule has 2 aliphatic carbocycles. The Bertz CT molecular complexity index is 551. The second kappa shape index (κ2) is 3.61. The third-order valence-corrected chi connectivity index (χ3v) is 4.14. The van der Waals surface area contributed by atoms with Crippen molar-refractivity contribution in [2.45, 2.75) is 44.2 Å². The minimum absolute atomic E-state index is 0.703. The molecular weight excluding hydrogens is 208 g/mol. The van der Waals surface area contributed by atoms with Crippen LogP contribution in [-0.4, -0.2) is 17.1 Å². The Labute approximate surface area is 101 Å². The van der Waals surface area contributed by atoms with Gasteiger partial charge in [0.1, 0.15) is 0 Å². The van der Waals surface area contributed by atoms with E-state index in [0.717, 1.165) is 6.04 Å². The highest BCUT2D eigenvalue weighted by molar-refractivity contribution is 5.84. The van der Waals surface area contributed by atoms with Crippen molar-refractivity contribution >= 4 is 10.9 Å². The quantitative estimate of drug-likeness (QED) is 0.809. The summed E-state index contributed by atoms with van der Waals surface area (Å²) in [4.78, 5) is 3.58. The first-order chi connectivity index (χ1) is 8.40. The average molecular weight is 226 g/mol. The number of rotatable bonds is 2. The van der Waals surface area contributed by atoms with Gasteiger partial charge in [-0.1, -0.05) is 18.2 Å². The molecule has 4 rings (SSSR count). The van der Waals surface area contributed by atoms with E-state index in [1.807, 2.05) is 0 Å². The van der Waals surface area contributed by atoms with Crippen molar-refractivity contribution in [1.82, 2.24) is 10.3 Å². The van der Waals surface area contributed by atoms with Gasteiger partial charge in [-0.15, -0.1) is 0 Å². The fourth-order valence-corrected chi connectivity index (χ4v) is 3.10. The largest absolute Gasteiger partial charge is 0.358 e. The van der Waals surface area contributed by atoms with E-state index in [0.29, 0.717) is 6.04 Å². The number of benzene rings is 1. The molecule has 0 aliphatic heterocycles. The molecule has 1 aromatic heterocycles. The molecular formula is C15H18N2. The van der Waals surface area contributed by atoms with Crippen LogP contribution >= 0.6 is 0 Å². The molecule has 2 N–H and O–H groups in total. The van der Waals surface area contributed by atoms with E-state index in [1.165, 1.54) is 48.7 Å². The maximum absolute atomic E-state index is 3.77. The number of aromatic amines is 1. The zero-order valence-electron chi connectivity index (χ0n) is 10.00. The third kappa shape index (κ3) is 1.67. The molecule has 0 bridgehead atoms. The first-order valence-electron chi connectivity index (χ1n) is 6.74. The van der Waals surface area contributed by atoms with Gasteiger partial charge in [-0.05, 0) is 43.7 Å². The van der Waals surface area contributed by atoms with Crippen molar-refractivity contribution in [3.05, 3.63) is 35.5 Å². The number of H-pyrrole nitrogens is 1. The Hall–Kier alpha value is -1.28. The van der Waals surface area contributed by atoms with Gasteiger partial charge in [0.25, 0.3) is 0 Å². The molecule has 0 amide bonds. The molecule has 1 aromatic carbocycles. The monoisotopic (exact) mass is 226 g/mol. The minimum Gasteiger partial charge on any atom is -0.358 e. The van der Waals surface area contributed by atoms with E-state index in [1.54, 1.807) is 5.56 Å². The zero-order valence-corrected chi connectivity index (χ0v) is 10.00. The minimum atomic E-state index is 0.703. The van der Waals surface area contributed by atoms with Crippen LogP contribution < -0.4 is 5.32 Å². The van der Waals surface area contributed by atoms with Crippen molar-refractivity contribution in [2.75, 3.05) is 0 Å². The van der Waals surface area contributed by atoms with Gasteiger partial charge >= 0.3 is 0 Å². The van der Waals surface area contributed by atoms with Gasteiger partial charge in [0.2, 0.25) is 0 Å². The van der Waals surface area contributed by atoms with Crippen LogP contribution in [0.15, 0.2) is 24.3 Å². The van der Waals surface area contributed by atoms with Gasteiger partial charge < -0.3 is 10.3 Å². The summed E-state index contributed by atoms with van der Waals surface area (Å²) in [6.07, 6.45) is 6.47. The number of para-hydroxylation sites is 1. The topological polar surface area (TPSA) is 27.8 Å². The lowest BCUT2D eigenvalue weighted by Crippen LogP contribution is -2.35. The summed E-state index contributed by atoms with van der Waals surface area (Å²) in [5.74, 6) is 0. The van der Waals surface area contributed by atoms with Crippen molar-refractivity contribution in [3.63, 3.8) is 0 Å². The molecule has 1 unspecified atom stereocenters. The number of hydrogen-bond acceptors (Lipinski definition) is 1. The number of aryl methyl sites for hydroxylation is 1. The maximum atomic E-state index is 3.77. The lowest BCUT2D eigenvalue weighted by atomic mass is 9.91. The van der Waals surface area contributed by atoms with Crippen LogP contribution in [0.5, 0.6) is 0 Å². The summed E-state index contributed by atoms with van der Waals surface area (Å²) in [6.45, 7) is 0. The maximum Gasteiger partial charge on any atom is 0.0458 e. The standard InChI is InChI=1S/C15H18N2/c1-2-4-14-12(3-1)13-9-11(16-10-5-6-10)7-8-15(13)17-14/h1-4,10-11,16-17H,5-9H2.